The molecule has 0 atom stereocenters. The molecule has 0 radical (unpaired) electrons. The van der Waals surface area contributed by atoms with Crippen LogP contribution in [0.25, 0.3) is 11.4 Å². The Labute approximate surface area is 187 Å². The Morgan fingerprint density at radius 2 is 1.71 bits per heavy atom. The number of furan rings is 1. The first-order valence-corrected chi connectivity index (χ1v) is 11.2. The molecule has 0 saturated carbocycles. The van der Waals surface area contributed by atoms with Gasteiger partial charge in [-0.15, -0.1) is 10.2 Å². The molecular weight excluding hydrogens is 406 g/mol. The van der Waals surface area contributed by atoms with Crippen LogP contribution >= 0.6 is 11.8 Å². The summed E-state index contributed by atoms with van der Waals surface area (Å²) in [6, 6.07) is 20.6. The molecule has 0 aliphatic carbocycles. The van der Waals surface area contributed by atoms with Crippen LogP contribution in [0.4, 0.5) is 0 Å². The van der Waals surface area contributed by atoms with Gasteiger partial charge in [0.15, 0.2) is 11.0 Å². The van der Waals surface area contributed by atoms with Crippen molar-refractivity contribution in [1.82, 2.24) is 14.8 Å². The van der Waals surface area contributed by atoms with Gasteiger partial charge in [-0.25, -0.2) is 0 Å². The van der Waals surface area contributed by atoms with Crippen LogP contribution in [0.3, 0.4) is 0 Å². The van der Waals surface area contributed by atoms with Crippen molar-refractivity contribution in [3.8, 4) is 17.1 Å². The van der Waals surface area contributed by atoms with Crippen LogP contribution in [0.15, 0.2) is 76.5 Å². The zero-order valence-corrected chi connectivity index (χ0v) is 19.1. The van der Waals surface area contributed by atoms with Crippen LogP contribution in [0, 0.1) is 0 Å². The molecule has 4 rings (SSSR count). The Hall–Kier alpha value is -2.99. The molecule has 0 spiro atoms. The van der Waals surface area contributed by atoms with E-state index in [1.165, 1.54) is 11.1 Å². The third-order valence-corrected chi connectivity index (χ3v) is 6.18. The van der Waals surface area contributed by atoms with E-state index in [4.69, 9.17) is 9.15 Å². The third-order valence-electron chi connectivity index (χ3n) is 5.15. The highest BCUT2D eigenvalue weighted by Crippen LogP contribution is 2.29. The number of hydrogen-bond acceptors (Lipinski definition) is 5. The molecule has 2 aromatic carbocycles. The van der Waals surface area contributed by atoms with Crippen LogP contribution in [0.2, 0.25) is 0 Å². The highest BCUT2D eigenvalue weighted by Gasteiger charge is 2.17. The Bertz CT molecular complexity index is 1110. The summed E-state index contributed by atoms with van der Waals surface area (Å²) in [5, 5.41) is 9.84. The number of thioether (sulfide) groups is 1. The molecule has 0 bridgehead atoms. The molecule has 6 heteroatoms. The zero-order valence-electron chi connectivity index (χ0n) is 18.3. The van der Waals surface area contributed by atoms with Crippen LogP contribution in [-0.2, 0) is 17.7 Å². The van der Waals surface area contributed by atoms with Crippen molar-refractivity contribution in [3.05, 3.63) is 83.8 Å². The van der Waals surface area contributed by atoms with Crippen molar-refractivity contribution in [2.24, 2.45) is 0 Å². The SMILES string of the molecule is COc1ccc(-c2nnc(SCc3ccc(C(C)(C)C)cc3)n2Cc2ccco2)cc1. The van der Waals surface area contributed by atoms with Crippen molar-refractivity contribution in [3.63, 3.8) is 0 Å². The van der Waals surface area contributed by atoms with Crippen molar-refractivity contribution in [2.75, 3.05) is 7.11 Å². The molecule has 0 fully saturated rings. The quantitative estimate of drug-likeness (QED) is 0.326. The van der Waals surface area contributed by atoms with E-state index >= 15 is 0 Å². The molecular formula is C25H27N3O2S. The lowest BCUT2D eigenvalue weighted by atomic mass is 9.87. The standard InChI is InChI=1S/C25H27N3O2S/c1-25(2,3)20-11-7-18(8-12-20)17-31-24-27-26-23(19-9-13-21(29-4)14-10-19)28(24)16-22-6-5-15-30-22/h5-15H,16-17H2,1-4H3. The van der Waals surface area contributed by atoms with E-state index in [9.17, 15) is 0 Å². The number of hydrogen-bond donors (Lipinski definition) is 0. The highest BCUT2D eigenvalue weighted by atomic mass is 32.2. The van der Waals surface area contributed by atoms with Gasteiger partial charge in [0.2, 0.25) is 0 Å². The van der Waals surface area contributed by atoms with Gasteiger partial charge >= 0.3 is 0 Å². The Kier molecular flexibility index (Phi) is 6.18. The summed E-state index contributed by atoms with van der Waals surface area (Å²) in [4.78, 5) is 0. The summed E-state index contributed by atoms with van der Waals surface area (Å²) in [5.74, 6) is 3.31. The lowest BCUT2D eigenvalue weighted by molar-refractivity contribution is 0.415. The normalized spacial score (nSPS) is 11.6. The predicted molar refractivity (Wildman–Crippen MR) is 125 cm³/mol. The van der Waals surface area contributed by atoms with Gasteiger partial charge in [-0.2, -0.15) is 0 Å². The molecule has 5 nitrogen and oxygen atoms in total. The minimum Gasteiger partial charge on any atom is -0.497 e. The van der Waals surface area contributed by atoms with Crippen LogP contribution in [0.5, 0.6) is 5.75 Å². The summed E-state index contributed by atoms with van der Waals surface area (Å²) in [5.41, 5.74) is 3.74. The molecule has 0 aliphatic rings. The molecule has 160 valence electrons. The average molecular weight is 434 g/mol. The predicted octanol–water partition coefficient (Wildman–Crippen LogP) is 6.18. The first-order valence-electron chi connectivity index (χ1n) is 10.3. The van der Waals surface area contributed by atoms with Crippen molar-refractivity contribution in [1.29, 1.82) is 0 Å². The van der Waals surface area contributed by atoms with Gasteiger partial charge in [0.05, 0.1) is 19.9 Å². The molecule has 2 aromatic heterocycles. The maximum atomic E-state index is 5.59. The van der Waals surface area contributed by atoms with Gasteiger partial charge in [-0.05, 0) is 52.9 Å². The van der Waals surface area contributed by atoms with Crippen molar-refractivity contribution >= 4 is 11.8 Å². The second kappa shape index (κ2) is 9.02. The Morgan fingerprint density at radius 3 is 2.32 bits per heavy atom. The van der Waals surface area contributed by atoms with E-state index in [1.54, 1.807) is 25.1 Å². The first kappa shape index (κ1) is 21.2. The number of ether oxygens (including phenoxy) is 1. The first-order chi connectivity index (χ1) is 14.9. The van der Waals surface area contributed by atoms with E-state index in [0.717, 1.165) is 33.8 Å². The Balaban J connectivity index is 1.58. The number of benzene rings is 2. The van der Waals surface area contributed by atoms with E-state index in [-0.39, 0.29) is 5.41 Å². The van der Waals surface area contributed by atoms with Gasteiger partial charge in [0, 0.05) is 11.3 Å². The largest absolute Gasteiger partial charge is 0.497 e. The van der Waals surface area contributed by atoms with Gasteiger partial charge in [0.25, 0.3) is 0 Å². The van der Waals surface area contributed by atoms with E-state index < -0.39 is 0 Å². The average Bonchev–Trinajstić information content (AvgIpc) is 3.42. The Morgan fingerprint density at radius 1 is 0.968 bits per heavy atom. The molecule has 0 saturated heterocycles. The molecule has 0 amide bonds. The van der Waals surface area contributed by atoms with Crippen molar-refractivity contribution < 1.29 is 9.15 Å². The smallest absolute Gasteiger partial charge is 0.192 e. The minimum absolute atomic E-state index is 0.155. The third kappa shape index (κ3) is 5.02. The van der Waals surface area contributed by atoms with E-state index in [1.807, 2.05) is 36.4 Å². The molecule has 0 N–H and O–H groups in total. The number of rotatable bonds is 7. The minimum atomic E-state index is 0.155. The fourth-order valence-electron chi connectivity index (χ4n) is 3.30. The summed E-state index contributed by atoms with van der Waals surface area (Å²) >= 11 is 1.68. The fraction of sp³-hybridized carbons (Fsp3) is 0.280. The van der Waals surface area contributed by atoms with Gasteiger partial charge in [-0.1, -0.05) is 56.8 Å². The highest BCUT2D eigenvalue weighted by molar-refractivity contribution is 7.98. The number of methoxy groups -OCH3 is 1. The topological polar surface area (TPSA) is 53.1 Å². The van der Waals surface area contributed by atoms with Crippen LogP contribution in [0.1, 0.15) is 37.7 Å². The maximum Gasteiger partial charge on any atom is 0.192 e. The van der Waals surface area contributed by atoms with Gasteiger partial charge < -0.3 is 9.15 Å². The van der Waals surface area contributed by atoms with Gasteiger partial charge in [0.1, 0.15) is 11.5 Å². The fourth-order valence-corrected chi connectivity index (χ4v) is 4.19. The summed E-state index contributed by atoms with van der Waals surface area (Å²) in [7, 11) is 1.66. The van der Waals surface area contributed by atoms with Crippen molar-refractivity contribution in [2.45, 2.75) is 43.6 Å². The van der Waals surface area contributed by atoms with Crippen LogP contribution in [-0.4, -0.2) is 21.9 Å². The molecule has 2 heterocycles. The summed E-state index contributed by atoms with van der Waals surface area (Å²) < 4.78 is 13.0. The second-order valence-electron chi connectivity index (χ2n) is 8.44. The van der Waals surface area contributed by atoms with Gasteiger partial charge in [-0.3, -0.25) is 4.57 Å². The lowest BCUT2D eigenvalue weighted by Crippen LogP contribution is -2.10. The van der Waals surface area contributed by atoms with Crippen LogP contribution < -0.4 is 4.74 Å². The van der Waals surface area contributed by atoms with E-state index in [0.29, 0.717) is 6.54 Å². The number of aromatic nitrogens is 3. The second-order valence-corrected chi connectivity index (χ2v) is 9.38. The van der Waals surface area contributed by atoms with E-state index in [2.05, 4.69) is 59.8 Å². The zero-order chi connectivity index (χ0) is 21.8. The molecule has 31 heavy (non-hydrogen) atoms. The lowest BCUT2D eigenvalue weighted by Gasteiger charge is -2.19. The molecule has 0 aliphatic heterocycles. The number of nitrogens with zero attached hydrogens (tertiary/aromatic N) is 3. The summed E-state index contributed by atoms with van der Waals surface area (Å²) in [6.45, 7) is 7.27. The maximum absolute atomic E-state index is 5.59. The monoisotopic (exact) mass is 433 g/mol. The molecule has 0 unspecified atom stereocenters. The molecule has 4 aromatic rings. The summed E-state index contributed by atoms with van der Waals surface area (Å²) in [6.07, 6.45) is 1.69.